The first-order valence-electron chi connectivity index (χ1n) is 8.96. The second kappa shape index (κ2) is 7.70. The van der Waals surface area contributed by atoms with Crippen molar-refractivity contribution in [2.75, 3.05) is 6.61 Å². The Morgan fingerprint density at radius 1 is 1.08 bits per heavy atom. The van der Waals surface area contributed by atoms with Gasteiger partial charge < -0.3 is 9.84 Å². The van der Waals surface area contributed by atoms with Gasteiger partial charge in [-0.25, -0.2) is 9.13 Å². The predicted octanol–water partition coefficient (Wildman–Crippen LogP) is 3.51. The van der Waals surface area contributed by atoms with Crippen LogP contribution in [0, 0.1) is 0 Å². The Morgan fingerprint density at radius 2 is 1.80 bits per heavy atom. The third-order valence-corrected chi connectivity index (χ3v) is 4.52. The van der Waals surface area contributed by atoms with E-state index in [0.29, 0.717) is 12.5 Å². The average Bonchev–Trinajstić information content (AvgIpc) is 2.98. The van der Waals surface area contributed by atoms with Crippen molar-refractivity contribution in [3.63, 3.8) is 0 Å². The van der Waals surface area contributed by atoms with Crippen LogP contribution in [0.25, 0.3) is 11.0 Å². The molecule has 0 spiro atoms. The van der Waals surface area contributed by atoms with Crippen LogP contribution < -0.4 is 9.30 Å². The van der Waals surface area contributed by atoms with E-state index in [9.17, 15) is 5.11 Å². The highest BCUT2D eigenvalue weighted by atomic mass is 16.5. The molecule has 0 amide bonds. The van der Waals surface area contributed by atoms with Gasteiger partial charge in [-0.15, -0.1) is 0 Å². The van der Waals surface area contributed by atoms with Gasteiger partial charge in [0.15, 0.2) is 11.0 Å². The highest BCUT2D eigenvalue weighted by Crippen LogP contribution is 2.18. The van der Waals surface area contributed by atoms with E-state index in [1.54, 1.807) is 0 Å². The maximum Gasteiger partial charge on any atom is 0.244 e. The molecule has 1 aromatic heterocycles. The van der Waals surface area contributed by atoms with E-state index >= 15 is 0 Å². The number of ether oxygens (including phenoxy) is 1. The Hall–Kier alpha value is -2.33. The number of benzene rings is 2. The number of nitrogens with zero attached hydrogens (tertiary/aromatic N) is 2. The minimum atomic E-state index is -0.564. The fourth-order valence-corrected chi connectivity index (χ4v) is 3.06. The number of aromatic nitrogens is 2. The molecule has 0 unspecified atom stereocenters. The Balaban J connectivity index is 1.64. The molecule has 0 bridgehead atoms. The lowest BCUT2D eigenvalue weighted by atomic mass is 10.0. The molecular weight excluding hydrogens is 312 g/mol. The van der Waals surface area contributed by atoms with Gasteiger partial charge in [-0.1, -0.05) is 38.1 Å². The largest absolute Gasteiger partial charge is 0.491 e. The summed E-state index contributed by atoms with van der Waals surface area (Å²) in [7, 11) is 0. The van der Waals surface area contributed by atoms with Crippen LogP contribution in [0.3, 0.4) is 0 Å². The lowest BCUT2D eigenvalue weighted by molar-refractivity contribution is -0.679. The Kier molecular flexibility index (Phi) is 5.39. The SMILES string of the molecule is CCn1c[n+](C[C@@H](O)COc2ccc(C(C)C)cc2)c2ccccc21. The summed E-state index contributed by atoms with van der Waals surface area (Å²) in [6.07, 6.45) is 1.50. The van der Waals surface area contributed by atoms with Gasteiger partial charge in [-0.3, -0.25) is 0 Å². The summed E-state index contributed by atoms with van der Waals surface area (Å²) in [5.74, 6) is 1.30. The maximum absolute atomic E-state index is 10.4. The molecule has 1 N–H and O–H groups in total. The van der Waals surface area contributed by atoms with Crippen molar-refractivity contribution in [2.45, 2.75) is 45.9 Å². The number of rotatable bonds is 7. The molecule has 2 aromatic carbocycles. The maximum atomic E-state index is 10.4. The van der Waals surface area contributed by atoms with E-state index in [1.807, 2.05) is 24.3 Å². The van der Waals surface area contributed by atoms with Crippen LogP contribution in [0.4, 0.5) is 0 Å². The second-order valence-corrected chi connectivity index (χ2v) is 6.73. The zero-order valence-corrected chi connectivity index (χ0v) is 15.2. The van der Waals surface area contributed by atoms with E-state index in [4.69, 9.17) is 4.74 Å². The number of para-hydroxylation sites is 2. The zero-order valence-electron chi connectivity index (χ0n) is 15.2. The highest BCUT2D eigenvalue weighted by molar-refractivity contribution is 5.71. The van der Waals surface area contributed by atoms with Gasteiger partial charge in [0.2, 0.25) is 6.33 Å². The molecule has 0 fully saturated rings. The van der Waals surface area contributed by atoms with E-state index in [-0.39, 0.29) is 6.61 Å². The summed E-state index contributed by atoms with van der Waals surface area (Å²) in [6.45, 7) is 8.16. The predicted molar refractivity (Wildman–Crippen MR) is 99.8 cm³/mol. The summed E-state index contributed by atoms with van der Waals surface area (Å²) in [5, 5.41) is 10.4. The first kappa shape index (κ1) is 17.5. The third-order valence-electron chi connectivity index (χ3n) is 4.52. The van der Waals surface area contributed by atoms with E-state index in [1.165, 1.54) is 11.1 Å². The van der Waals surface area contributed by atoms with Crippen LogP contribution in [0.2, 0.25) is 0 Å². The Morgan fingerprint density at radius 3 is 2.48 bits per heavy atom. The van der Waals surface area contributed by atoms with Crippen molar-refractivity contribution < 1.29 is 14.4 Å². The summed E-state index contributed by atoms with van der Waals surface area (Å²) in [6, 6.07) is 16.4. The number of aryl methyl sites for hydroxylation is 1. The topological polar surface area (TPSA) is 38.3 Å². The molecule has 4 heteroatoms. The summed E-state index contributed by atoms with van der Waals surface area (Å²) >= 11 is 0. The highest BCUT2D eigenvalue weighted by Gasteiger charge is 2.17. The van der Waals surface area contributed by atoms with Gasteiger partial charge >= 0.3 is 0 Å². The molecule has 1 atom stereocenters. The van der Waals surface area contributed by atoms with Crippen LogP contribution in [-0.4, -0.2) is 22.4 Å². The van der Waals surface area contributed by atoms with E-state index in [0.717, 1.165) is 17.8 Å². The van der Waals surface area contributed by atoms with Gasteiger partial charge in [0.05, 0.1) is 6.54 Å². The van der Waals surface area contributed by atoms with Crippen molar-refractivity contribution in [1.29, 1.82) is 0 Å². The molecule has 0 saturated carbocycles. The number of fused-ring (bicyclic) bond motifs is 1. The lowest BCUT2D eigenvalue weighted by Gasteiger charge is -2.12. The third kappa shape index (κ3) is 4.02. The fourth-order valence-electron chi connectivity index (χ4n) is 3.06. The monoisotopic (exact) mass is 339 g/mol. The van der Waals surface area contributed by atoms with Crippen LogP contribution in [0.15, 0.2) is 54.9 Å². The molecule has 25 heavy (non-hydrogen) atoms. The van der Waals surface area contributed by atoms with Crippen LogP contribution in [0.5, 0.6) is 5.75 Å². The molecule has 3 aromatic rings. The second-order valence-electron chi connectivity index (χ2n) is 6.73. The number of aliphatic hydroxyl groups is 1. The average molecular weight is 339 g/mol. The number of hydrogen-bond donors (Lipinski definition) is 1. The summed E-state index contributed by atoms with van der Waals surface area (Å²) in [4.78, 5) is 0. The fraction of sp³-hybridized carbons (Fsp3) is 0.381. The van der Waals surface area contributed by atoms with Crippen LogP contribution >= 0.6 is 0 Å². The molecule has 0 aliphatic heterocycles. The van der Waals surface area contributed by atoms with Crippen molar-refractivity contribution in [3.05, 3.63) is 60.4 Å². The Labute approximate surface area is 149 Å². The number of hydrogen-bond acceptors (Lipinski definition) is 2. The van der Waals surface area contributed by atoms with Gasteiger partial charge in [-0.2, -0.15) is 0 Å². The normalized spacial score (nSPS) is 12.7. The Bertz CT molecular complexity index is 822. The van der Waals surface area contributed by atoms with Crippen molar-refractivity contribution in [3.8, 4) is 5.75 Å². The van der Waals surface area contributed by atoms with Gasteiger partial charge in [0, 0.05) is 0 Å². The molecule has 4 nitrogen and oxygen atoms in total. The van der Waals surface area contributed by atoms with E-state index < -0.39 is 6.10 Å². The van der Waals surface area contributed by atoms with Crippen molar-refractivity contribution in [1.82, 2.24) is 4.57 Å². The molecule has 1 heterocycles. The molecule has 3 rings (SSSR count). The van der Waals surface area contributed by atoms with Crippen molar-refractivity contribution >= 4 is 11.0 Å². The smallest absolute Gasteiger partial charge is 0.244 e. The lowest BCUT2D eigenvalue weighted by Crippen LogP contribution is -2.41. The van der Waals surface area contributed by atoms with Gasteiger partial charge in [-0.05, 0) is 42.7 Å². The minimum Gasteiger partial charge on any atom is -0.491 e. The van der Waals surface area contributed by atoms with Crippen LogP contribution in [-0.2, 0) is 13.1 Å². The molecule has 0 radical (unpaired) electrons. The standard InChI is InChI=1S/C21H27N2O2/c1-4-22-15-23(21-8-6-5-7-20(21)22)13-18(24)14-25-19-11-9-17(10-12-19)16(2)3/h5-12,15-16,18,24H,4,13-14H2,1-3H3/q+1/t18-/m1/s1. The summed E-state index contributed by atoms with van der Waals surface area (Å²) < 4.78 is 10.0. The van der Waals surface area contributed by atoms with Crippen LogP contribution in [0.1, 0.15) is 32.3 Å². The summed E-state index contributed by atoms with van der Waals surface area (Å²) in [5.41, 5.74) is 3.60. The van der Waals surface area contributed by atoms with Gasteiger partial charge in [0.25, 0.3) is 0 Å². The number of aliphatic hydroxyl groups excluding tert-OH is 1. The number of imidazole rings is 1. The van der Waals surface area contributed by atoms with E-state index in [2.05, 4.69) is 60.5 Å². The zero-order chi connectivity index (χ0) is 17.8. The first-order chi connectivity index (χ1) is 12.1. The van der Waals surface area contributed by atoms with Gasteiger partial charge in [0.1, 0.15) is 25.0 Å². The molecular formula is C21H27N2O2+. The quantitative estimate of drug-likeness (QED) is 0.669. The first-order valence-corrected chi connectivity index (χ1v) is 8.96. The molecule has 0 saturated heterocycles. The molecule has 132 valence electrons. The minimum absolute atomic E-state index is 0.277. The molecule has 0 aliphatic rings. The van der Waals surface area contributed by atoms with Crippen molar-refractivity contribution in [2.24, 2.45) is 0 Å². The molecule has 0 aliphatic carbocycles.